The Kier molecular flexibility index (Phi) is 4.48. The molecule has 0 atom stereocenters. The maximum absolute atomic E-state index is 10.7. The van der Waals surface area contributed by atoms with Crippen molar-refractivity contribution in [1.29, 1.82) is 0 Å². The fraction of sp³-hybridized carbons (Fsp3) is 0.727. The van der Waals surface area contributed by atoms with Gasteiger partial charge in [-0.3, -0.25) is 4.79 Å². The third-order valence-corrected chi connectivity index (χ3v) is 2.73. The van der Waals surface area contributed by atoms with Gasteiger partial charge in [-0.2, -0.15) is 0 Å². The quantitative estimate of drug-likeness (QED) is 0.548. The monoisotopic (exact) mass is 196 g/mol. The Labute approximate surface area is 84.5 Å². The van der Waals surface area contributed by atoms with E-state index in [0.717, 1.165) is 25.7 Å². The molecule has 0 unspecified atom stereocenters. The van der Waals surface area contributed by atoms with Crippen LogP contribution in [0.25, 0.3) is 0 Å². The van der Waals surface area contributed by atoms with Gasteiger partial charge in [-0.15, -0.1) is 6.42 Å². The summed E-state index contributed by atoms with van der Waals surface area (Å²) in [5.41, 5.74) is 0. The molecule has 0 aromatic heterocycles. The third-order valence-electron chi connectivity index (χ3n) is 2.73. The number of terminal acetylenes is 1. The zero-order chi connectivity index (χ0) is 10.4. The van der Waals surface area contributed by atoms with Gasteiger partial charge < -0.3 is 9.84 Å². The maximum atomic E-state index is 10.7. The SMILES string of the molecule is C#CCOCC1CCC(C(=O)O)CC1. The number of carboxylic acids is 1. The molecule has 0 saturated heterocycles. The van der Waals surface area contributed by atoms with E-state index in [9.17, 15) is 4.79 Å². The summed E-state index contributed by atoms with van der Waals surface area (Å²) >= 11 is 0. The second-order valence-corrected chi connectivity index (χ2v) is 3.78. The van der Waals surface area contributed by atoms with Crippen molar-refractivity contribution in [2.75, 3.05) is 13.2 Å². The molecular formula is C11H16O3. The van der Waals surface area contributed by atoms with Crippen LogP contribution in [0.1, 0.15) is 25.7 Å². The first kappa shape index (κ1) is 11.1. The first-order chi connectivity index (χ1) is 6.74. The smallest absolute Gasteiger partial charge is 0.306 e. The Morgan fingerprint density at radius 1 is 1.43 bits per heavy atom. The number of carbonyl (C=O) groups is 1. The van der Waals surface area contributed by atoms with Gasteiger partial charge in [0.1, 0.15) is 6.61 Å². The first-order valence-corrected chi connectivity index (χ1v) is 4.98. The molecule has 0 amide bonds. The molecule has 3 heteroatoms. The Bertz CT molecular complexity index is 221. The van der Waals surface area contributed by atoms with Crippen LogP contribution in [-0.4, -0.2) is 24.3 Å². The van der Waals surface area contributed by atoms with E-state index in [-0.39, 0.29) is 5.92 Å². The van der Waals surface area contributed by atoms with Gasteiger partial charge in [-0.1, -0.05) is 5.92 Å². The van der Waals surface area contributed by atoms with Crippen molar-refractivity contribution in [1.82, 2.24) is 0 Å². The summed E-state index contributed by atoms with van der Waals surface area (Å²) in [6, 6.07) is 0. The second-order valence-electron chi connectivity index (χ2n) is 3.78. The highest BCUT2D eigenvalue weighted by molar-refractivity contribution is 5.69. The molecule has 1 rings (SSSR count). The number of rotatable bonds is 4. The molecule has 0 radical (unpaired) electrons. The normalized spacial score (nSPS) is 26.8. The van der Waals surface area contributed by atoms with Gasteiger partial charge in [-0.25, -0.2) is 0 Å². The average Bonchev–Trinajstić information content (AvgIpc) is 2.19. The Morgan fingerprint density at radius 3 is 2.57 bits per heavy atom. The third kappa shape index (κ3) is 3.39. The highest BCUT2D eigenvalue weighted by atomic mass is 16.5. The summed E-state index contributed by atoms with van der Waals surface area (Å²) in [6.45, 7) is 1.04. The van der Waals surface area contributed by atoms with E-state index in [0.29, 0.717) is 19.1 Å². The molecule has 14 heavy (non-hydrogen) atoms. The minimum atomic E-state index is -0.659. The summed E-state index contributed by atoms with van der Waals surface area (Å²) in [5, 5.41) is 8.78. The Morgan fingerprint density at radius 2 is 2.07 bits per heavy atom. The summed E-state index contributed by atoms with van der Waals surface area (Å²) in [7, 11) is 0. The summed E-state index contributed by atoms with van der Waals surface area (Å²) in [5.74, 6) is 2.12. The van der Waals surface area contributed by atoms with Crippen molar-refractivity contribution >= 4 is 5.97 Å². The van der Waals surface area contributed by atoms with Crippen LogP contribution in [-0.2, 0) is 9.53 Å². The van der Waals surface area contributed by atoms with Crippen LogP contribution in [0.15, 0.2) is 0 Å². The molecule has 3 nitrogen and oxygen atoms in total. The van der Waals surface area contributed by atoms with Crippen LogP contribution in [0.4, 0.5) is 0 Å². The number of aliphatic carboxylic acids is 1. The molecule has 1 N–H and O–H groups in total. The largest absolute Gasteiger partial charge is 0.481 e. The number of hydrogen-bond acceptors (Lipinski definition) is 2. The molecule has 1 aliphatic rings. The second kappa shape index (κ2) is 5.66. The van der Waals surface area contributed by atoms with Crippen LogP contribution in [0.5, 0.6) is 0 Å². The lowest BCUT2D eigenvalue weighted by Crippen LogP contribution is -2.23. The lowest BCUT2D eigenvalue weighted by Gasteiger charge is -2.25. The number of ether oxygens (including phenoxy) is 1. The summed E-state index contributed by atoms with van der Waals surface area (Å²) < 4.78 is 5.23. The van der Waals surface area contributed by atoms with E-state index < -0.39 is 5.97 Å². The summed E-state index contributed by atoms with van der Waals surface area (Å²) in [6.07, 6.45) is 8.50. The Balaban J connectivity index is 2.16. The Hall–Kier alpha value is -1.01. The van der Waals surface area contributed by atoms with Crippen molar-refractivity contribution in [3.63, 3.8) is 0 Å². The van der Waals surface area contributed by atoms with E-state index >= 15 is 0 Å². The van der Waals surface area contributed by atoms with Crippen LogP contribution in [0.3, 0.4) is 0 Å². The molecule has 1 fully saturated rings. The molecule has 0 aromatic rings. The van der Waals surface area contributed by atoms with E-state index in [1.54, 1.807) is 0 Å². The molecule has 1 saturated carbocycles. The van der Waals surface area contributed by atoms with Crippen LogP contribution < -0.4 is 0 Å². The van der Waals surface area contributed by atoms with Gasteiger partial charge in [0.2, 0.25) is 0 Å². The minimum absolute atomic E-state index is 0.140. The summed E-state index contributed by atoms with van der Waals surface area (Å²) in [4.78, 5) is 10.7. The van der Waals surface area contributed by atoms with Gasteiger partial charge in [0.25, 0.3) is 0 Å². The number of carboxylic acid groups (broad SMARTS) is 1. The lowest BCUT2D eigenvalue weighted by molar-refractivity contribution is -0.143. The van der Waals surface area contributed by atoms with Gasteiger partial charge >= 0.3 is 5.97 Å². The zero-order valence-corrected chi connectivity index (χ0v) is 8.24. The molecule has 0 bridgehead atoms. The van der Waals surface area contributed by atoms with Crippen molar-refractivity contribution in [3.05, 3.63) is 0 Å². The van der Waals surface area contributed by atoms with Crippen LogP contribution in [0.2, 0.25) is 0 Å². The fourth-order valence-electron chi connectivity index (χ4n) is 1.86. The first-order valence-electron chi connectivity index (χ1n) is 4.98. The van der Waals surface area contributed by atoms with Crippen molar-refractivity contribution < 1.29 is 14.6 Å². The van der Waals surface area contributed by atoms with Gasteiger partial charge in [0.05, 0.1) is 12.5 Å². The fourth-order valence-corrected chi connectivity index (χ4v) is 1.86. The topological polar surface area (TPSA) is 46.5 Å². The molecular weight excluding hydrogens is 180 g/mol. The van der Waals surface area contributed by atoms with E-state index in [2.05, 4.69) is 5.92 Å². The maximum Gasteiger partial charge on any atom is 0.306 e. The predicted octanol–water partition coefficient (Wildman–Crippen LogP) is 1.53. The average molecular weight is 196 g/mol. The van der Waals surface area contributed by atoms with Crippen molar-refractivity contribution in [2.45, 2.75) is 25.7 Å². The van der Waals surface area contributed by atoms with Gasteiger partial charge in [0.15, 0.2) is 0 Å². The van der Waals surface area contributed by atoms with Gasteiger partial charge in [0, 0.05) is 0 Å². The lowest BCUT2D eigenvalue weighted by atomic mass is 9.82. The van der Waals surface area contributed by atoms with E-state index in [1.165, 1.54) is 0 Å². The van der Waals surface area contributed by atoms with E-state index in [4.69, 9.17) is 16.3 Å². The molecule has 1 aliphatic carbocycles. The van der Waals surface area contributed by atoms with Crippen LogP contribution in [0, 0.1) is 24.2 Å². The van der Waals surface area contributed by atoms with Crippen molar-refractivity contribution in [3.8, 4) is 12.3 Å². The van der Waals surface area contributed by atoms with Gasteiger partial charge in [-0.05, 0) is 31.6 Å². The zero-order valence-electron chi connectivity index (χ0n) is 8.24. The minimum Gasteiger partial charge on any atom is -0.481 e. The molecule has 0 spiro atoms. The number of hydrogen-bond donors (Lipinski definition) is 1. The standard InChI is InChI=1S/C11H16O3/c1-2-7-14-8-9-3-5-10(6-4-9)11(12)13/h1,9-10H,3-8H2,(H,12,13). The highest BCUT2D eigenvalue weighted by Crippen LogP contribution is 2.28. The molecule has 0 aliphatic heterocycles. The van der Waals surface area contributed by atoms with Crippen LogP contribution >= 0.6 is 0 Å². The van der Waals surface area contributed by atoms with Crippen molar-refractivity contribution in [2.24, 2.45) is 11.8 Å². The predicted molar refractivity (Wildman–Crippen MR) is 52.7 cm³/mol. The highest BCUT2D eigenvalue weighted by Gasteiger charge is 2.25. The molecule has 0 heterocycles. The molecule has 0 aromatic carbocycles. The van der Waals surface area contributed by atoms with E-state index in [1.807, 2.05) is 0 Å². The molecule has 78 valence electrons.